The van der Waals surface area contributed by atoms with Gasteiger partial charge in [-0.05, 0) is 55.3 Å². The molecule has 1 aromatic rings. The lowest BCUT2D eigenvalue weighted by Crippen LogP contribution is -2.26. The zero-order valence-electron chi connectivity index (χ0n) is 12.4. The molecular formula is C16H30N4. The Bertz CT molecular complexity index is 317. The highest BCUT2D eigenvalue weighted by molar-refractivity contribution is 5.21. The van der Waals surface area contributed by atoms with Gasteiger partial charge in [0.05, 0.1) is 0 Å². The van der Waals surface area contributed by atoms with E-state index in [0.717, 1.165) is 36.1 Å². The van der Waals surface area contributed by atoms with E-state index < -0.39 is 0 Å². The summed E-state index contributed by atoms with van der Waals surface area (Å²) in [6, 6.07) is 8.01. The predicted molar refractivity (Wildman–Crippen MR) is 85.8 cm³/mol. The molecule has 4 heteroatoms. The van der Waals surface area contributed by atoms with Gasteiger partial charge in [0.1, 0.15) is 0 Å². The molecule has 0 heterocycles. The summed E-state index contributed by atoms with van der Waals surface area (Å²) < 4.78 is 0. The standard InChI is InChI=1S/C8H12N2.C8H18N2/c9-5-7-1-2-8(6-10)4-3-7;9-5-7-2-1-3-8(4-7)6-10/h1-4H,5-6,9-10H2;7-8H,1-6,9-10H2. The van der Waals surface area contributed by atoms with Crippen LogP contribution in [-0.2, 0) is 13.1 Å². The molecule has 8 N–H and O–H groups in total. The largest absolute Gasteiger partial charge is 0.330 e. The fourth-order valence-corrected chi connectivity index (χ4v) is 2.64. The molecule has 0 saturated heterocycles. The van der Waals surface area contributed by atoms with Crippen LogP contribution in [0.4, 0.5) is 0 Å². The van der Waals surface area contributed by atoms with E-state index >= 15 is 0 Å². The average molecular weight is 278 g/mol. The quantitative estimate of drug-likeness (QED) is 0.666. The van der Waals surface area contributed by atoms with Crippen molar-refractivity contribution >= 4 is 0 Å². The van der Waals surface area contributed by atoms with Gasteiger partial charge < -0.3 is 22.9 Å². The molecule has 2 atom stereocenters. The van der Waals surface area contributed by atoms with Crippen LogP contribution in [-0.4, -0.2) is 13.1 Å². The number of rotatable bonds is 4. The van der Waals surface area contributed by atoms with Crippen LogP contribution in [0.15, 0.2) is 24.3 Å². The maximum absolute atomic E-state index is 5.58. The Morgan fingerprint density at radius 1 is 0.750 bits per heavy atom. The highest BCUT2D eigenvalue weighted by Crippen LogP contribution is 2.27. The molecule has 1 aliphatic carbocycles. The van der Waals surface area contributed by atoms with Crippen molar-refractivity contribution in [2.75, 3.05) is 13.1 Å². The minimum Gasteiger partial charge on any atom is -0.330 e. The summed E-state index contributed by atoms with van der Waals surface area (Å²) in [4.78, 5) is 0. The van der Waals surface area contributed by atoms with Crippen molar-refractivity contribution in [3.8, 4) is 0 Å². The highest BCUT2D eigenvalue weighted by atomic mass is 14.6. The van der Waals surface area contributed by atoms with Crippen LogP contribution in [0.1, 0.15) is 36.8 Å². The Labute approximate surface area is 122 Å². The molecule has 114 valence electrons. The molecule has 0 amide bonds. The SMILES string of the molecule is NCC1CCCC(CN)C1.NCc1ccc(CN)cc1. The predicted octanol–water partition coefficient (Wildman–Crippen LogP) is 1.31. The normalized spacial score (nSPS) is 22.0. The molecule has 1 aromatic carbocycles. The molecule has 2 rings (SSSR count). The molecule has 1 fully saturated rings. The van der Waals surface area contributed by atoms with E-state index in [9.17, 15) is 0 Å². The third-order valence-electron chi connectivity index (χ3n) is 4.05. The number of nitrogens with two attached hydrogens (primary N) is 4. The third-order valence-corrected chi connectivity index (χ3v) is 4.05. The van der Waals surface area contributed by atoms with Crippen molar-refractivity contribution in [1.29, 1.82) is 0 Å². The van der Waals surface area contributed by atoms with Crippen LogP contribution in [0, 0.1) is 11.8 Å². The summed E-state index contributed by atoms with van der Waals surface area (Å²) in [7, 11) is 0. The highest BCUT2D eigenvalue weighted by Gasteiger charge is 2.19. The minimum atomic E-state index is 0.602. The van der Waals surface area contributed by atoms with Crippen molar-refractivity contribution < 1.29 is 0 Å². The molecule has 0 aliphatic heterocycles. The first-order chi connectivity index (χ1) is 9.73. The van der Waals surface area contributed by atoms with E-state index in [1.165, 1.54) is 25.7 Å². The number of benzene rings is 1. The Hall–Kier alpha value is -0.940. The van der Waals surface area contributed by atoms with E-state index in [4.69, 9.17) is 22.9 Å². The summed E-state index contributed by atoms with van der Waals surface area (Å²) in [5, 5.41) is 0. The zero-order chi connectivity index (χ0) is 14.8. The van der Waals surface area contributed by atoms with E-state index in [2.05, 4.69) is 0 Å². The van der Waals surface area contributed by atoms with Crippen molar-refractivity contribution in [3.63, 3.8) is 0 Å². The summed E-state index contributed by atoms with van der Waals surface area (Å²) in [5.74, 6) is 1.53. The third kappa shape index (κ3) is 6.01. The van der Waals surface area contributed by atoms with Gasteiger partial charge in [-0.25, -0.2) is 0 Å². The van der Waals surface area contributed by atoms with Gasteiger partial charge in [0.15, 0.2) is 0 Å². The van der Waals surface area contributed by atoms with E-state index in [1.807, 2.05) is 24.3 Å². The van der Waals surface area contributed by atoms with Crippen LogP contribution in [0.2, 0.25) is 0 Å². The number of hydrogen-bond donors (Lipinski definition) is 4. The van der Waals surface area contributed by atoms with E-state index in [0.29, 0.717) is 13.1 Å². The summed E-state index contributed by atoms with van der Waals surface area (Å²) >= 11 is 0. The zero-order valence-corrected chi connectivity index (χ0v) is 12.4. The smallest absolute Gasteiger partial charge is 0.0178 e. The first-order valence-electron chi connectivity index (χ1n) is 7.61. The van der Waals surface area contributed by atoms with E-state index in [-0.39, 0.29) is 0 Å². The Morgan fingerprint density at radius 3 is 1.45 bits per heavy atom. The van der Waals surface area contributed by atoms with Crippen molar-refractivity contribution in [2.24, 2.45) is 34.8 Å². The summed E-state index contributed by atoms with van der Waals surface area (Å²) in [6.07, 6.45) is 5.26. The lowest BCUT2D eigenvalue weighted by Gasteiger charge is -2.26. The summed E-state index contributed by atoms with van der Waals surface area (Å²) in [5.41, 5.74) is 24.3. The van der Waals surface area contributed by atoms with Gasteiger partial charge in [0.2, 0.25) is 0 Å². The first-order valence-corrected chi connectivity index (χ1v) is 7.61. The molecule has 20 heavy (non-hydrogen) atoms. The van der Waals surface area contributed by atoms with Crippen molar-refractivity contribution in [3.05, 3.63) is 35.4 Å². The second kappa shape index (κ2) is 9.88. The molecule has 4 nitrogen and oxygen atoms in total. The van der Waals surface area contributed by atoms with Gasteiger partial charge in [-0.3, -0.25) is 0 Å². The van der Waals surface area contributed by atoms with Crippen LogP contribution < -0.4 is 22.9 Å². The van der Waals surface area contributed by atoms with Crippen LogP contribution in [0.25, 0.3) is 0 Å². The fourth-order valence-electron chi connectivity index (χ4n) is 2.64. The molecule has 0 aromatic heterocycles. The second-order valence-electron chi connectivity index (χ2n) is 5.59. The monoisotopic (exact) mass is 278 g/mol. The van der Waals surface area contributed by atoms with Crippen LogP contribution in [0.5, 0.6) is 0 Å². The van der Waals surface area contributed by atoms with Gasteiger partial charge in [0.25, 0.3) is 0 Å². The Balaban J connectivity index is 0.000000200. The first kappa shape index (κ1) is 17.1. The van der Waals surface area contributed by atoms with Gasteiger partial charge in [0, 0.05) is 13.1 Å². The van der Waals surface area contributed by atoms with Gasteiger partial charge >= 0.3 is 0 Å². The molecule has 2 unspecified atom stereocenters. The second-order valence-corrected chi connectivity index (χ2v) is 5.59. The Kier molecular flexibility index (Phi) is 8.46. The topological polar surface area (TPSA) is 104 Å². The minimum absolute atomic E-state index is 0.602. The molecule has 0 radical (unpaired) electrons. The molecule has 0 bridgehead atoms. The fraction of sp³-hybridized carbons (Fsp3) is 0.625. The maximum Gasteiger partial charge on any atom is 0.0178 e. The molecular weight excluding hydrogens is 248 g/mol. The summed E-state index contributed by atoms with van der Waals surface area (Å²) in [6.45, 7) is 2.92. The average Bonchev–Trinajstić information content (AvgIpc) is 2.55. The van der Waals surface area contributed by atoms with Crippen molar-refractivity contribution in [2.45, 2.75) is 38.8 Å². The van der Waals surface area contributed by atoms with Gasteiger partial charge in [-0.1, -0.05) is 30.7 Å². The molecule has 0 spiro atoms. The number of hydrogen-bond acceptors (Lipinski definition) is 4. The van der Waals surface area contributed by atoms with Crippen LogP contribution >= 0.6 is 0 Å². The molecule has 1 aliphatic rings. The van der Waals surface area contributed by atoms with Crippen LogP contribution in [0.3, 0.4) is 0 Å². The van der Waals surface area contributed by atoms with Gasteiger partial charge in [-0.2, -0.15) is 0 Å². The maximum atomic E-state index is 5.58. The lowest BCUT2D eigenvalue weighted by atomic mass is 9.81. The van der Waals surface area contributed by atoms with Crippen molar-refractivity contribution in [1.82, 2.24) is 0 Å². The molecule has 1 saturated carbocycles. The lowest BCUT2D eigenvalue weighted by molar-refractivity contribution is 0.277. The Morgan fingerprint density at radius 2 is 1.15 bits per heavy atom. The van der Waals surface area contributed by atoms with Gasteiger partial charge in [-0.15, -0.1) is 0 Å². The van der Waals surface area contributed by atoms with E-state index in [1.54, 1.807) is 0 Å².